The Morgan fingerprint density at radius 3 is 2.60 bits per heavy atom. The summed E-state index contributed by atoms with van der Waals surface area (Å²) in [5.74, 6) is 0.0786. The Morgan fingerprint density at radius 1 is 1.25 bits per heavy atom. The predicted molar refractivity (Wildman–Crippen MR) is 66.6 cm³/mol. The fraction of sp³-hybridized carbons (Fsp3) is 0.143. The van der Waals surface area contributed by atoms with Crippen molar-refractivity contribution in [2.45, 2.75) is 6.18 Å². The van der Waals surface area contributed by atoms with E-state index in [1.54, 1.807) is 0 Å². The molecule has 0 aliphatic carbocycles. The molecule has 0 N–H and O–H groups in total. The summed E-state index contributed by atoms with van der Waals surface area (Å²) >= 11 is 0. The molecule has 0 amide bonds. The Bertz CT molecular complexity index is 639. The van der Waals surface area contributed by atoms with E-state index in [1.807, 2.05) is 0 Å². The van der Waals surface area contributed by atoms with Crippen LogP contribution in [-0.2, 0) is 6.18 Å². The summed E-state index contributed by atoms with van der Waals surface area (Å²) in [7, 11) is 1.34. The smallest absolute Gasteiger partial charge is 0.416 e. The maximum absolute atomic E-state index is 12.7. The summed E-state index contributed by atoms with van der Waals surface area (Å²) in [6.45, 7) is 0. The zero-order chi connectivity index (χ0) is 14.8. The maximum Gasteiger partial charge on any atom is 0.416 e. The Balaban J connectivity index is 2.60. The number of aromatic nitrogens is 1. The molecule has 20 heavy (non-hydrogen) atoms. The third kappa shape index (κ3) is 2.64. The Morgan fingerprint density at radius 2 is 2.00 bits per heavy atom. The molecule has 1 aromatic carbocycles. The molecule has 0 saturated carbocycles. The highest BCUT2D eigenvalue weighted by Crippen LogP contribution is 2.34. The molecular formula is C14H10F3NO2. The zero-order valence-corrected chi connectivity index (χ0v) is 10.4. The van der Waals surface area contributed by atoms with Gasteiger partial charge < -0.3 is 4.74 Å². The molecule has 0 bridgehead atoms. The number of carbonyl (C=O) groups is 1. The molecule has 0 aliphatic rings. The number of nitrogens with zero attached hydrogens (tertiary/aromatic N) is 1. The van der Waals surface area contributed by atoms with E-state index >= 15 is 0 Å². The molecule has 0 atom stereocenters. The molecular weight excluding hydrogens is 271 g/mol. The van der Waals surface area contributed by atoms with Gasteiger partial charge in [-0.3, -0.25) is 4.79 Å². The minimum atomic E-state index is -4.44. The van der Waals surface area contributed by atoms with Gasteiger partial charge in [0, 0.05) is 6.20 Å². The van der Waals surface area contributed by atoms with Gasteiger partial charge in [0.25, 0.3) is 0 Å². The van der Waals surface area contributed by atoms with Crippen molar-refractivity contribution in [3.8, 4) is 17.0 Å². The van der Waals surface area contributed by atoms with Crippen LogP contribution in [0.1, 0.15) is 15.9 Å². The van der Waals surface area contributed by atoms with Crippen LogP contribution in [0.4, 0.5) is 13.2 Å². The van der Waals surface area contributed by atoms with Gasteiger partial charge in [-0.15, -0.1) is 0 Å². The van der Waals surface area contributed by atoms with Crippen molar-refractivity contribution in [3.63, 3.8) is 0 Å². The first-order valence-corrected chi connectivity index (χ1v) is 5.63. The number of carbonyl (C=O) groups excluding carboxylic acids is 1. The number of hydrogen-bond donors (Lipinski definition) is 0. The number of halogens is 3. The molecule has 2 rings (SSSR count). The molecule has 0 radical (unpaired) electrons. The van der Waals surface area contributed by atoms with Gasteiger partial charge in [0.15, 0.2) is 6.29 Å². The summed E-state index contributed by atoms with van der Waals surface area (Å²) in [5, 5.41) is 0. The molecule has 1 aromatic heterocycles. The Labute approximate surface area is 113 Å². The predicted octanol–water partition coefficient (Wildman–Crippen LogP) is 3.59. The highest BCUT2D eigenvalue weighted by molar-refractivity contribution is 5.90. The van der Waals surface area contributed by atoms with Gasteiger partial charge >= 0.3 is 6.18 Å². The van der Waals surface area contributed by atoms with Gasteiger partial charge in [-0.1, -0.05) is 12.1 Å². The topological polar surface area (TPSA) is 39.2 Å². The Hall–Kier alpha value is -2.37. The van der Waals surface area contributed by atoms with Crippen molar-refractivity contribution >= 4 is 6.29 Å². The van der Waals surface area contributed by atoms with E-state index in [2.05, 4.69) is 4.98 Å². The van der Waals surface area contributed by atoms with Crippen LogP contribution in [0.3, 0.4) is 0 Å². The first-order chi connectivity index (χ1) is 9.47. The largest absolute Gasteiger partial charge is 0.480 e. The normalized spacial score (nSPS) is 11.2. The average molecular weight is 281 g/mol. The van der Waals surface area contributed by atoms with Crippen molar-refractivity contribution in [2.75, 3.05) is 7.11 Å². The minimum absolute atomic E-state index is 0.0786. The van der Waals surface area contributed by atoms with E-state index in [9.17, 15) is 18.0 Å². The van der Waals surface area contributed by atoms with E-state index in [-0.39, 0.29) is 17.0 Å². The van der Waals surface area contributed by atoms with Gasteiger partial charge in [-0.2, -0.15) is 13.2 Å². The molecule has 0 saturated heterocycles. The summed E-state index contributed by atoms with van der Waals surface area (Å²) < 4.78 is 43.0. The second-order valence-corrected chi connectivity index (χ2v) is 3.98. The van der Waals surface area contributed by atoms with Crippen molar-refractivity contribution in [3.05, 3.63) is 47.7 Å². The third-order valence-electron chi connectivity index (χ3n) is 2.77. The first-order valence-electron chi connectivity index (χ1n) is 5.63. The van der Waals surface area contributed by atoms with Crippen LogP contribution in [0.2, 0.25) is 0 Å². The quantitative estimate of drug-likeness (QED) is 0.807. The van der Waals surface area contributed by atoms with Crippen LogP contribution in [0.25, 0.3) is 11.1 Å². The molecule has 0 spiro atoms. The van der Waals surface area contributed by atoms with Crippen LogP contribution in [0.5, 0.6) is 5.88 Å². The number of aldehydes is 1. The fourth-order valence-electron chi connectivity index (χ4n) is 1.85. The highest BCUT2D eigenvalue weighted by Gasteiger charge is 2.30. The molecule has 3 nitrogen and oxygen atoms in total. The standard InChI is InChI=1S/C14H10F3NO2/c1-20-13-12(8-19)11(5-6-18-13)9-3-2-4-10(7-9)14(15,16)17/h2-8H,1H3. The van der Waals surface area contributed by atoms with E-state index in [0.29, 0.717) is 11.8 Å². The maximum atomic E-state index is 12.7. The lowest BCUT2D eigenvalue weighted by atomic mass is 10.00. The van der Waals surface area contributed by atoms with E-state index < -0.39 is 11.7 Å². The second kappa shape index (κ2) is 5.32. The summed E-state index contributed by atoms with van der Waals surface area (Å²) in [6, 6.07) is 6.22. The molecule has 0 fully saturated rings. The van der Waals surface area contributed by atoms with Gasteiger partial charge in [0.2, 0.25) is 5.88 Å². The van der Waals surface area contributed by atoms with Crippen molar-refractivity contribution in [1.29, 1.82) is 0 Å². The third-order valence-corrected chi connectivity index (χ3v) is 2.77. The number of methoxy groups -OCH3 is 1. The van der Waals surface area contributed by atoms with Crippen molar-refractivity contribution in [2.24, 2.45) is 0 Å². The lowest BCUT2D eigenvalue weighted by molar-refractivity contribution is -0.137. The van der Waals surface area contributed by atoms with Crippen LogP contribution in [-0.4, -0.2) is 18.4 Å². The lowest BCUT2D eigenvalue weighted by Crippen LogP contribution is -2.05. The highest BCUT2D eigenvalue weighted by atomic mass is 19.4. The second-order valence-electron chi connectivity index (χ2n) is 3.98. The van der Waals surface area contributed by atoms with E-state index in [1.165, 1.54) is 31.5 Å². The fourth-order valence-corrected chi connectivity index (χ4v) is 1.85. The van der Waals surface area contributed by atoms with Gasteiger partial charge in [0.1, 0.15) is 0 Å². The number of alkyl halides is 3. The number of hydrogen-bond acceptors (Lipinski definition) is 3. The monoisotopic (exact) mass is 281 g/mol. The molecule has 104 valence electrons. The summed E-state index contributed by atoms with van der Waals surface area (Å²) in [5.41, 5.74) is -0.0301. The number of benzene rings is 1. The Kier molecular flexibility index (Phi) is 3.74. The van der Waals surface area contributed by atoms with Crippen LogP contribution in [0, 0.1) is 0 Å². The van der Waals surface area contributed by atoms with Gasteiger partial charge in [-0.25, -0.2) is 4.98 Å². The van der Waals surface area contributed by atoms with Crippen molar-refractivity contribution in [1.82, 2.24) is 4.98 Å². The van der Waals surface area contributed by atoms with Crippen LogP contribution in [0.15, 0.2) is 36.5 Å². The van der Waals surface area contributed by atoms with E-state index in [4.69, 9.17) is 4.74 Å². The molecule has 1 heterocycles. The van der Waals surface area contributed by atoms with Gasteiger partial charge in [0.05, 0.1) is 18.2 Å². The SMILES string of the molecule is COc1nccc(-c2cccc(C(F)(F)F)c2)c1C=O. The van der Waals surface area contributed by atoms with Crippen molar-refractivity contribution < 1.29 is 22.7 Å². The van der Waals surface area contributed by atoms with E-state index in [0.717, 1.165) is 12.1 Å². The molecule has 2 aromatic rings. The molecule has 0 aliphatic heterocycles. The lowest BCUT2D eigenvalue weighted by Gasteiger charge is -2.11. The van der Waals surface area contributed by atoms with Crippen LogP contribution >= 0.6 is 0 Å². The number of ether oxygens (including phenoxy) is 1. The summed E-state index contributed by atoms with van der Waals surface area (Å²) in [4.78, 5) is 15.0. The first kappa shape index (κ1) is 14.0. The molecule has 0 unspecified atom stereocenters. The molecule has 6 heteroatoms. The number of pyridine rings is 1. The van der Waals surface area contributed by atoms with Crippen LogP contribution < -0.4 is 4.74 Å². The minimum Gasteiger partial charge on any atom is -0.480 e. The zero-order valence-electron chi connectivity index (χ0n) is 10.4. The summed E-state index contributed by atoms with van der Waals surface area (Å²) in [6.07, 6.45) is -2.54. The number of rotatable bonds is 3. The average Bonchev–Trinajstić information content (AvgIpc) is 2.45. The van der Waals surface area contributed by atoms with Gasteiger partial charge in [-0.05, 0) is 29.3 Å².